The van der Waals surface area contributed by atoms with Crippen LogP contribution in [0.25, 0.3) is 6.08 Å². The molecule has 1 aliphatic rings. The van der Waals surface area contributed by atoms with E-state index in [2.05, 4.69) is 54.0 Å². The maximum absolute atomic E-state index is 3.62. The summed E-state index contributed by atoms with van der Waals surface area (Å²) in [7, 11) is -1.10. The van der Waals surface area contributed by atoms with Crippen LogP contribution >= 0.6 is 27.3 Å². The molecule has 0 amide bonds. The Morgan fingerprint density at radius 2 is 2.00 bits per heavy atom. The van der Waals surface area contributed by atoms with Crippen LogP contribution in [0, 0.1) is 0 Å². The maximum Gasteiger partial charge on any atom is 0.0580 e. The van der Waals surface area contributed by atoms with Gasteiger partial charge in [-0.05, 0) is 22.9 Å². The summed E-state index contributed by atoms with van der Waals surface area (Å²) in [4.78, 5) is 1.59. The van der Waals surface area contributed by atoms with Gasteiger partial charge in [0, 0.05) is 25.8 Å². The van der Waals surface area contributed by atoms with Crippen molar-refractivity contribution in [3.05, 3.63) is 25.9 Å². The molecule has 0 aromatic carbocycles. The van der Waals surface area contributed by atoms with Crippen molar-refractivity contribution in [2.45, 2.75) is 32.1 Å². The maximum atomic E-state index is 3.62. The lowest BCUT2D eigenvalue weighted by molar-refractivity contribution is 1.10. The average molecular weight is 287 g/mol. The predicted molar refractivity (Wildman–Crippen MR) is 71.8 cm³/mol. The highest BCUT2D eigenvalue weighted by atomic mass is 79.9. The second kappa shape index (κ2) is 3.32. The van der Waals surface area contributed by atoms with Gasteiger partial charge in [-0.15, -0.1) is 11.3 Å². The molecule has 1 aliphatic carbocycles. The van der Waals surface area contributed by atoms with Crippen LogP contribution in [-0.2, 0) is 0 Å². The topological polar surface area (TPSA) is 0 Å². The van der Waals surface area contributed by atoms with Crippen LogP contribution in [0.5, 0.6) is 0 Å². The van der Waals surface area contributed by atoms with E-state index in [1.54, 1.807) is 10.5 Å². The lowest BCUT2D eigenvalue weighted by Gasteiger charge is -2.26. The van der Waals surface area contributed by atoms with Crippen molar-refractivity contribution in [1.82, 2.24) is 0 Å². The van der Waals surface area contributed by atoms with E-state index in [-0.39, 0.29) is 0 Å². The minimum atomic E-state index is -1.10. The van der Waals surface area contributed by atoms with Gasteiger partial charge in [0.15, 0.2) is 0 Å². The van der Waals surface area contributed by atoms with Crippen molar-refractivity contribution >= 4 is 41.4 Å². The molecule has 14 heavy (non-hydrogen) atoms. The van der Waals surface area contributed by atoms with E-state index in [0.717, 1.165) is 5.54 Å². The number of halogens is 1. The molecule has 0 saturated heterocycles. The first kappa shape index (κ1) is 10.6. The summed E-state index contributed by atoms with van der Waals surface area (Å²) in [5.74, 6) is 0. The first-order valence-corrected chi connectivity index (χ1v) is 10.1. The molecule has 1 unspecified atom stereocenters. The highest BCUT2D eigenvalue weighted by Crippen LogP contribution is 2.47. The molecule has 0 spiro atoms. The molecule has 3 heteroatoms. The van der Waals surface area contributed by atoms with Gasteiger partial charge in [-0.2, -0.15) is 0 Å². The van der Waals surface area contributed by atoms with E-state index in [1.807, 2.05) is 11.3 Å². The van der Waals surface area contributed by atoms with Crippen LogP contribution in [-0.4, -0.2) is 8.07 Å². The quantitative estimate of drug-likeness (QED) is 0.645. The van der Waals surface area contributed by atoms with Gasteiger partial charge in [0.1, 0.15) is 0 Å². The van der Waals surface area contributed by atoms with Crippen molar-refractivity contribution in [2.24, 2.45) is 0 Å². The summed E-state index contributed by atoms with van der Waals surface area (Å²) in [6.07, 6.45) is 2.36. The zero-order valence-electron chi connectivity index (χ0n) is 9.02. The molecule has 0 radical (unpaired) electrons. The largest absolute Gasteiger partial charge is 0.147 e. The molecular weight excluding hydrogens is 272 g/mol. The number of hydrogen-bond acceptors (Lipinski definition) is 1. The Kier molecular flexibility index (Phi) is 2.53. The lowest BCUT2D eigenvalue weighted by atomic mass is 10.3. The Labute approximate surface area is 99.2 Å². The highest BCUT2D eigenvalue weighted by molar-refractivity contribution is 9.10. The summed E-state index contributed by atoms with van der Waals surface area (Å²) in [6.45, 7) is 9.65. The first-order valence-electron chi connectivity index (χ1n) is 4.86. The Morgan fingerprint density at radius 3 is 2.57 bits per heavy atom. The van der Waals surface area contributed by atoms with E-state index in [0.29, 0.717) is 0 Å². The van der Waals surface area contributed by atoms with E-state index in [4.69, 9.17) is 0 Å². The molecule has 0 nitrogen and oxygen atoms in total. The second-order valence-corrected chi connectivity index (χ2v) is 12.1. The fraction of sp³-hybridized carbons (Fsp3) is 0.455. The molecule has 1 atom stereocenters. The molecule has 0 saturated carbocycles. The number of hydrogen-bond donors (Lipinski definition) is 0. The van der Waals surface area contributed by atoms with E-state index < -0.39 is 8.07 Å². The fourth-order valence-electron chi connectivity index (χ4n) is 2.32. The Hall–Kier alpha value is 0.137. The molecule has 0 aliphatic heterocycles. The molecule has 0 fully saturated rings. The molecule has 0 bridgehead atoms. The van der Waals surface area contributed by atoms with Gasteiger partial charge in [0.05, 0.1) is 8.07 Å². The number of allylic oxidation sites excluding steroid dienone is 1. The van der Waals surface area contributed by atoms with Crippen LogP contribution in [0.4, 0.5) is 0 Å². The fourth-order valence-corrected chi connectivity index (χ4v) is 7.69. The van der Waals surface area contributed by atoms with Crippen LogP contribution in [0.1, 0.15) is 22.9 Å². The third-order valence-corrected chi connectivity index (χ3v) is 7.48. The zero-order chi connectivity index (χ0) is 10.5. The predicted octanol–water partition coefficient (Wildman–Crippen LogP) is 4.89. The van der Waals surface area contributed by atoms with Gasteiger partial charge < -0.3 is 0 Å². The molecule has 76 valence electrons. The highest BCUT2D eigenvalue weighted by Gasteiger charge is 2.35. The van der Waals surface area contributed by atoms with Crippen LogP contribution in [0.2, 0.25) is 19.6 Å². The minimum absolute atomic E-state index is 0.744. The van der Waals surface area contributed by atoms with Crippen molar-refractivity contribution in [1.29, 1.82) is 0 Å². The van der Waals surface area contributed by atoms with Gasteiger partial charge in [-0.3, -0.25) is 0 Å². The van der Waals surface area contributed by atoms with Gasteiger partial charge in [0.2, 0.25) is 0 Å². The van der Waals surface area contributed by atoms with E-state index in [9.17, 15) is 0 Å². The number of fused-ring (bicyclic) bond motifs is 1. The van der Waals surface area contributed by atoms with Crippen molar-refractivity contribution in [3.63, 3.8) is 0 Å². The van der Waals surface area contributed by atoms with Crippen molar-refractivity contribution in [3.8, 4) is 0 Å². The van der Waals surface area contributed by atoms with Crippen LogP contribution in [0.15, 0.2) is 15.4 Å². The summed E-state index contributed by atoms with van der Waals surface area (Å²) in [6, 6.07) is 0. The molecule has 1 heterocycles. The minimum Gasteiger partial charge on any atom is -0.147 e. The third kappa shape index (κ3) is 1.55. The average Bonchev–Trinajstić information content (AvgIpc) is 2.49. The number of rotatable bonds is 1. The molecule has 1 aromatic rings. The lowest BCUT2D eigenvalue weighted by Crippen LogP contribution is -2.30. The van der Waals surface area contributed by atoms with Gasteiger partial charge in [-0.25, -0.2) is 0 Å². The number of thiophene rings is 1. The summed E-state index contributed by atoms with van der Waals surface area (Å²) in [5.41, 5.74) is 3.75. The van der Waals surface area contributed by atoms with Crippen LogP contribution < -0.4 is 0 Å². The molecule has 0 N–H and O–H groups in total. The van der Waals surface area contributed by atoms with Crippen molar-refractivity contribution in [2.75, 3.05) is 0 Å². The third-order valence-electron chi connectivity index (χ3n) is 2.77. The standard InChI is InChI=1S/C11H15BrSSi/c1-7-5-8-9(12)6-13-10(8)11(7)14(2,3)4/h5-6,11H,1-4H3. The van der Waals surface area contributed by atoms with E-state index in [1.165, 1.54) is 10.0 Å². The molecule has 2 rings (SSSR count). The molecular formula is C11H15BrSSi. The Morgan fingerprint density at radius 1 is 1.36 bits per heavy atom. The summed E-state index contributed by atoms with van der Waals surface area (Å²) in [5, 5.41) is 2.22. The van der Waals surface area contributed by atoms with Crippen molar-refractivity contribution < 1.29 is 0 Å². The molecule has 1 aromatic heterocycles. The van der Waals surface area contributed by atoms with Crippen LogP contribution in [0.3, 0.4) is 0 Å². The monoisotopic (exact) mass is 286 g/mol. The zero-order valence-corrected chi connectivity index (χ0v) is 12.4. The Bertz CT molecular complexity index is 398. The normalized spacial score (nSPS) is 20.9. The van der Waals surface area contributed by atoms with Gasteiger partial charge >= 0.3 is 0 Å². The summed E-state index contributed by atoms with van der Waals surface area (Å²) >= 11 is 5.53. The SMILES string of the molecule is CC1=Cc2c(Br)csc2C1[Si](C)(C)C. The first-order chi connectivity index (χ1) is 6.41. The Balaban J connectivity index is 2.53. The smallest absolute Gasteiger partial charge is 0.0580 e. The van der Waals surface area contributed by atoms with Gasteiger partial charge in [0.25, 0.3) is 0 Å². The summed E-state index contributed by atoms with van der Waals surface area (Å²) < 4.78 is 1.28. The van der Waals surface area contributed by atoms with Gasteiger partial charge in [-0.1, -0.05) is 31.3 Å². The second-order valence-electron chi connectivity index (χ2n) is 5.05. The van der Waals surface area contributed by atoms with E-state index >= 15 is 0 Å².